The monoisotopic (exact) mass is 647 g/mol. The number of nitrogens with zero attached hydrogens (tertiary/aromatic N) is 3. The average molecular weight is 648 g/mol. The summed E-state index contributed by atoms with van der Waals surface area (Å²) in [6.07, 6.45) is 4.71. The first-order chi connectivity index (χ1) is 23.3. The third-order valence-corrected chi connectivity index (χ3v) is 10.4. The Morgan fingerprint density at radius 3 is 1.85 bits per heavy atom. The molecule has 0 radical (unpaired) electrons. The predicted molar refractivity (Wildman–Crippen MR) is 184 cm³/mol. The lowest BCUT2D eigenvalue weighted by Crippen LogP contribution is -2.59. The number of carbonyl (C=O) groups excluding carboxylic acids is 3. The molecule has 8 nitrogen and oxygen atoms in total. The number of aliphatic hydroxyl groups is 1. The molecule has 6 rings (SSSR count). The molecular formula is C40H45N3O5. The largest absolute Gasteiger partial charge is 0.394 e. The van der Waals surface area contributed by atoms with E-state index in [0.29, 0.717) is 38.9 Å². The Bertz CT molecular complexity index is 1630. The predicted octanol–water partition coefficient (Wildman–Crippen LogP) is 4.78. The molecule has 3 saturated heterocycles. The van der Waals surface area contributed by atoms with Gasteiger partial charge in [-0.3, -0.25) is 14.4 Å². The van der Waals surface area contributed by atoms with Crippen molar-refractivity contribution in [1.82, 2.24) is 14.7 Å². The molecule has 3 aliphatic heterocycles. The van der Waals surface area contributed by atoms with E-state index in [1.54, 1.807) is 26.9 Å². The van der Waals surface area contributed by atoms with Gasteiger partial charge in [0.1, 0.15) is 11.6 Å². The molecule has 3 aromatic rings. The molecule has 48 heavy (non-hydrogen) atoms. The fourth-order valence-electron chi connectivity index (χ4n) is 8.30. The van der Waals surface area contributed by atoms with Crippen LogP contribution in [0.3, 0.4) is 0 Å². The van der Waals surface area contributed by atoms with E-state index in [9.17, 15) is 19.5 Å². The highest BCUT2D eigenvalue weighted by molar-refractivity contribution is 5.99. The molecular weight excluding hydrogens is 602 g/mol. The van der Waals surface area contributed by atoms with Gasteiger partial charge in [-0.25, -0.2) is 0 Å². The maximum atomic E-state index is 15.0. The fourth-order valence-corrected chi connectivity index (χ4v) is 8.30. The van der Waals surface area contributed by atoms with Gasteiger partial charge in [-0.15, -0.1) is 13.2 Å². The molecule has 0 aromatic heterocycles. The van der Waals surface area contributed by atoms with E-state index in [4.69, 9.17) is 4.74 Å². The van der Waals surface area contributed by atoms with E-state index in [1.807, 2.05) is 97.9 Å². The zero-order chi connectivity index (χ0) is 33.9. The summed E-state index contributed by atoms with van der Waals surface area (Å²) in [4.78, 5) is 49.6. The Morgan fingerprint density at radius 1 is 0.854 bits per heavy atom. The quantitative estimate of drug-likeness (QED) is 0.255. The van der Waals surface area contributed by atoms with Crippen LogP contribution in [0.4, 0.5) is 0 Å². The van der Waals surface area contributed by atoms with Gasteiger partial charge in [-0.05, 0) is 42.9 Å². The van der Waals surface area contributed by atoms with Crippen LogP contribution in [0, 0.1) is 11.8 Å². The Hall–Kier alpha value is -4.53. The van der Waals surface area contributed by atoms with Gasteiger partial charge in [0, 0.05) is 26.2 Å². The molecule has 2 unspecified atom stereocenters. The van der Waals surface area contributed by atoms with Crippen molar-refractivity contribution in [3.05, 3.63) is 133 Å². The van der Waals surface area contributed by atoms with Crippen LogP contribution >= 0.6 is 0 Å². The second-order valence-electron chi connectivity index (χ2n) is 13.5. The standard InChI is InChI=1S/C40H45N3O5/c1-4-23-41(26-30-17-11-7-12-18-30)36(45)33-34-37(46)43(32(28-44)25-29-15-9-6-10-16-29)35(40(34)22-21-39(33,3)48-40)38(47)42(24-5-2)27-31-19-13-8-14-20-31/h4-20,32-35,44H,1-2,21-28H2,3H3/t32-,33+,34+,35?,39-,40?/m1/s1. The average Bonchev–Trinajstić information content (AvgIpc) is 3.68. The highest BCUT2D eigenvalue weighted by Gasteiger charge is 2.78. The molecule has 8 heteroatoms. The Morgan fingerprint density at radius 2 is 1.35 bits per heavy atom. The van der Waals surface area contributed by atoms with Crippen molar-refractivity contribution in [1.29, 1.82) is 0 Å². The minimum absolute atomic E-state index is 0.190. The lowest BCUT2D eigenvalue weighted by Gasteiger charge is -2.39. The smallest absolute Gasteiger partial charge is 0.249 e. The first kappa shape index (κ1) is 33.4. The van der Waals surface area contributed by atoms with E-state index >= 15 is 0 Å². The van der Waals surface area contributed by atoms with Gasteiger partial charge in [0.05, 0.1) is 30.1 Å². The van der Waals surface area contributed by atoms with Gasteiger partial charge in [0.25, 0.3) is 0 Å². The molecule has 0 saturated carbocycles. The zero-order valence-corrected chi connectivity index (χ0v) is 27.6. The summed E-state index contributed by atoms with van der Waals surface area (Å²) in [5, 5.41) is 10.9. The van der Waals surface area contributed by atoms with Crippen molar-refractivity contribution in [3.8, 4) is 0 Å². The number of hydrogen-bond donors (Lipinski definition) is 1. The number of fused-ring (bicyclic) bond motifs is 1. The number of aliphatic hydroxyl groups excluding tert-OH is 1. The van der Waals surface area contributed by atoms with Crippen LogP contribution < -0.4 is 0 Å². The molecule has 3 amide bonds. The summed E-state index contributed by atoms with van der Waals surface area (Å²) < 4.78 is 6.95. The number of hydrogen-bond acceptors (Lipinski definition) is 5. The summed E-state index contributed by atoms with van der Waals surface area (Å²) in [5.41, 5.74) is 0.680. The lowest BCUT2D eigenvalue weighted by atomic mass is 9.66. The van der Waals surface area contributed by atoms with Crippen molar-refractivity contribution in [2.45, 2.75) is 62.6 Å². The highest BCUT2D eigenvalue weighted by Crippen LogP contribution is 2.64. The first-order valence-electron chi connectivity index (χ1n) is 16.8. The number of carbonyl (C=O) groups is 3. The molecule has 3 aliphatic rings. The summed E-state index contributed by atoms with van der Waals surface area (Å²) in [7, 11) is 0. The lowest BCUT2D eigenvalue weighted by molar-refractivity contribution is -0.156. The Balaban J connectivity index is 1.42. The maximum absolute atomic E-state index is 15.0. The second-order valence-corrected chi connectivity index (χ2v) is 13.5. The van der Waals surface area contributed by atoms with Gasteiger partial charge in [0.2, 0.25) is 17.7 Å². The Labute approximate surface area is 283 Å². The number of ether oxygens (including phenoxy) is 1. The Kier molecular flexibility index (Phi) is 9.67. The molecule has 6 atom stereocenters. The van der Waals surface area contributed by atoms with Crippen LogP contribution in [0.2, 0.25) is 0 Å². The third-order valence-electron chi connectivity index (χ3n) is 10.4. The molecule has 250 valence electrons. The van der Waals surface area contributed by atoms with E-state index in [0.717, 1.165) is 16.7 Å². The van der Waals surface area contributed by atoms with Crippen molar-refractivity contribution < 1.29 is 24.2 Å². The van der Waals surface area contributed by atoms with E-state index in [2.05, 4.69) is 13.2 Å². The van der Waals surface area contributed by atoms with E-state index in [-0.39, 0.29) is 30.9 Å². The SMILES string of the molecule is C=CCN(Cc1ccccc1)C(=O)C1N([C@@H](CO)Cc2ccccc2)C(=O)[C@@H]2[C@@H](C(=O)N(CC=C)Cc3ccccc3)[C@@]3(C)CCC12O3. The topological polar surface area (TPSA) is 90.4 Å². The number of rotatable bonds is 14. The van der Waals surface area contributed by atoms with Gasteiger partial charge < -0.3 is 24.5 Å². The van der Waals surface area contributed by atoms with Gasteiger partial charge in [-0.2, -0.15) is 0 Å². The normalized spacial score (nSPS) is 26.2. The molecule has 1 spiro atoms. The summed E-state index contributed by atoms with van der Waals surface area (Å²) in [6.45, 7) is 10.6. The highest BCUT2D eigenvalue weighted by atomic mass is 16.5. The minimum atomic E-state index is -1.23. The minimum Gasteiger partial charge on any atom is -0.394 e. The van der Waals surface area contributed by atoms with Crippen LogP contribution in [0.15, 0.2) is 116 Å². The molecule has 1 N–H and O–H groups in total. The van der Waals surface area contributed by atoms with Crippen LogP contribution in [-0.4, -0.2) is 80.5 Å². The van der Waals surface area contributed by atoms with Gasteiger partial charge in [-0.1, -0.05) is 103 Å². The van der Waals surface area contributed by atoms with Crippen LogP contribution in [-0.2, 0) is 38.6 Å². The molecule has 3 heterocycles. The number of likely N-dealkylation sites (tertiary alicyclic amines) is 1. The zero-order valence-electron chi connectivity index (χ0n) is 27.6. The van der Waals surface area contributed by atoms with Crippen LogP contribution in [0.25, 0.3) is 0 Å². The third kappa shape index (κ3) is 5.99. The summed E-state index contributed by atoms with van der Waals surface area (Å²) >= 11 is 0. The van der Waals surface area contributed by atoms with Crippen molar-refractivity contribution in [2.24, 2.45) is 11.8 Å². The van der Waals surface area contributed by atoms with Crippen LogP contribution in [0.5, 0.6) is 0 Å². The first-order valence-corrected chi connectivity index (χ1v) is 16.8. The van der Waals surface area contributed by atoms with Gasteiger partial charge in [0.15, 0.2) is 0 Å². The van der Waals surface area contributed by atoms with Crippen molar-refractivity contribution in [2.75, 3.05) is 19.7 Å². The van der Waals surface area contributed by atoms with Gasteiger partial charge >= 0.3 is 0 Å². The van der Waals surface area contributed by atoms with Crippen molar-refractivity contribution in [3.63, 3.8) is 0 Å². The fraction of sp³-hybridized carbons (Fsp3) is 0.375. The summed E-state index contributed by atoms with van der Waals surface area (Å²) in [6, 6.07) is 27.4. The summed E-state index contributed by atoms with van der Waals surface area (Å²) in [5.74, 6) is -2.47. The maximum Gasteiger partial charge on any atom is 0.249 e. The second kappa shape index (κ2) is 13.9. The molecule has 3 aromatic carbocycles. The van der Waals surface area contributed by atoms with Crippen LogP contribution in [0.1, 0.15) is 36.5 Å². The van der Waals surface area contributed by atoms with E-state index in [1.165, 1.54) is 0 Å². The van der Waals surface area contributed by atoms with Crippen molar-refractivity contribution >= 4 is 17.7 Å². The molecule has 3 fully saturated rings. The molecule has 2 bridgehead atoms. The molecule has 0 aliphatic carbocycles. The number of benzene rings is 3. The number of amides is 3. The van der Waals surface area contributed by atoms with E-state index < -0.39 is 35.1 Å².